The number of hydrogen-bond acceptors (Lipinski definition) is 6. The Morgan fingerprint density at radius 2 is 2.39 bits per heavy atom. The zero-order valence-corrected chi connectivity index (χ0v) is 11.0. The Morgan fingerprint density at radius 1 is 1.67 bits per heavy atom. The summed E-state index contributed by atoms with van der Waals surface area (Å²) in [5.74, 6) is -0.599. The van der Waals surface area contributed by atoms with Crippen LogP contribution in [0.3, 0.4) is 0 Å². The molecule has 6 nitrogen and oxygen atoms in total. The van der Waals surface area contributed by atoms with Gasteiger partial charge in [0, 0.05) is 0 Å². The summed E-state index contributed by atoms with van der Waals surface area (Å²) in [6.45, 7) is 3.96. The maximum absolute atomic E-state index is 11.6. The van der Waals surface area contributed by atoms with Crippen LogP contribution in [-0.4, -0.2) is 41.2 Å². The van der Waals surface area contributed by atoms with Crippen molar-refractivity contribution in [1.29, 1.82) is 0 Å². The van der Waals surface area contributed by atoms with Crippen molar-refractivity contribution >= 4 is 28.3 Å². The zero-order chi connectivity index (χ0) is 13.3. The molecule has 1 aliphatic rings. The van der Waals surface area contributed by atoms with E-state index in [0.29, 0.717) is 22.3 Å². The smallest absolute Gasteiger partial charge is 0.350 e. The summed E-state index contributed by atoms with van der Waals surface area (Å²) in [5.41, 5.74) is 0.544. The number of carbonyl (C=O) groups is 2. The topological polar surface area (TPSA) is 79.7 Å². The Balaban J connectivity index is 2.23. The number of aryl methyl sites for hydroxylation is 1. The fourth-order valence-corrected chi connectivity index (χ4v) is 2.74. The highest BCUT2D eigenvalue weighted by Gasteiger charge is 2.32. The van der Waals surface area contributed by atoms with E-state index >= 15 is 0 Å². The number of hydrogen-bond donors (Lipinski definition) is 1. The summed E-state index contributed by atoms with van der Waals surface area (Å²) in [6.07, 6.45) is -0.555. The van der Waals surface area contributed by atoms with E-state index in [1.165, 1.54) is 4.90 Å². The van der Waals surface area contributed by atoms with Crippen molar-refractivity contribution in [2.75, 3.05) is 18.1 Å². The monoisotopic (exact) mass is 270 g/mol. The van der Waals surface area contributed by atoms with Gasteiger partial charge in [-0.3, -0.25) is 9.69 Å². The van der Waals surface area contributed by atoms with Crippen molar-refractivity contribution in [3.05, 3.63) is 10.6 Å². The normalized spacial score (nSPS) is 19.4. The van der Waals surface area contributed by atoms with Crippen LogP contribution in [-0.2, 0) is 9.53 Å². The number of ether oxygens (including phenoxy) is 1. The first kappa shape index (κ1) is 13.0. The van der Waals surface area contributed by atoms with Gasteiger partial charge in [-0.15, -0.1) is 0 Å². The van der Waals surface area contributed by atoms with E-state index in [1.54, 1.807) is 13.8 Å². The third kappa shape index (κ3) is 2.37. The number of amides is 1. The lowest BCUT2D eigenvalue weighted by Crippen LogP contribution is -2.24. The second-order valence-corrected chi connectivity index (χ2v) is 4.97. The number of aliphatic hydroxyl groups is 1. The molecule has 0 spiro atoms. The maximum Gasteiger partial charge on any atom is 0.350 e. The van der Waals surface area contributed by atoms with Crippen LogP contribution in [0.4, 0.5) is 5.13 Å². The Kier molecular flexibility index (Phi) is 3.63. The van der Waals surface area contributed by atoms with Crippen LogP contribution in [0.25, 0.3) is 0 Å². The highest BCUT2D eigenvalue weighted by molar-refractivity contribution is 7.17. The third-order valence-electron chi connectivity index (χ3n) is 2.58. The molecule has 1 aliphatic heterocycles. The summed E-state index contributed by atoms with van der Waals surface area (Å²) in [6, 6.07) is 0. The van der Waals surface area contributed by atoms with E-state index in [-0.39, 0.29) is 18.9 Å². The van der Waals surface area contributed by atoms with Gasteiger partial charge in [-0.1, -0.05) is 11.3 Å². The Morgan fingerprint density at radius 3 is 2.94 bits per heavy atom. The van der Waals surface area contributed by atoms with Crippen molar-refractivity contribution in [3.8, 4) is 0 Å². The van der Waals surface area contributed by atoms with Crippen LogP contribution in [0.5, 0.6) is 0 Å². The SMILES string of the molecule is CCOC(=O)c1sc(N2CC(O)CC2=O)nc1C. The highest BCUT2D eigenvalue weighted by atomic mass is 32.1. The van der Waals surface area contributed by atoms with Gasteiger partial charge in [0.2, 0.25) is 5.91 Å². The van der Waals surface area contributed by atoms with E-state index in [1.807, 2.05) is 0 Å². The molecule has 1 aromatic rings. The lowest BCUT2D eigenvalue weighted by Gasteiger charge is -2.10. The molecule has 0 radical (unpaired) electrons. The van der Waals surface area contributed by atoms with Crippen molar-refractivity contribution in [2.24, 2.45) is 0 Å². The number of aromatic nitrogens is 1. The van der Waals surface area contributed by atoms with E-state index in [0.717, 1.165) is 11.3 Å². The quantitative estimate of drug-likeness (QED) is 0.819. The summed E-state index contributed by atoms with van der Waals surface area (Å²) < 4.78 is 4.91. The first-order chi connectivity index (χ1) is 8.52. The summed E-state index contributed by atoms with van der Waals surface area (Å²) in [4.78, 5) is 29.3. The van der Waals surface area contributed by atoms with E-state index < -0.39 is 12.1 Å². The number of anilines is 1. The second-order valence-electron chi connectivity index (χ2n) is 3.99. The largest absolute Gasteiger partial charge is 0.462 e. The Labute approximate surface area is 108 Å². The van der Waals surface area contributed by atoms with Crippen LogP contribution in [0.2, 0.25) is 0 Å². The lowest BCUT2D eigenvalue weighted by molar-refractivity contribution is -0.117. The average molecular weight is 270 g/mol. The number of aliphatic hydroxyl groups excluding tert-OH is 1. The molecule has 1 unspecified atom stereocenters. The number of nitrogens with zero attached hydrogens (tertiary/aromatic N) is 2. The van der Waals surface area contributed by atoms with Gasteiger partial charge >= 0.3 is 5.97 Å². The molecule has 1 fully saturated rings. The molecule has 1 atom stereocenters. The summed E-state index contributed by atoms with van der Waals surface area (Å²) in [7, 11) is 0. The summed E-state index contributed by atoms with van der Waals surface area (Å²) in [5, 5.41) is 9.87. The molecular weight excluding hydrogens is 256 g/mol. The van der Waals surface area contributed by atoms with E-state index in [9.17, 15) is 14.7 Å². The molecule has 0 aliphatic carbocycles. The second kappa shape index (κ2) is 5.03. The molecule has 2 heterocycles. The molecule has 1 N–H and O–H groups in total. The first-order valence-electron chi connectivity index (χ1n) is 5.66. The summed E-state index contributed by atoms with van der Waals surface area (Å²) >= 11 is 1.12. The van der Waals surface area contributed by atoms with Gasteiger partial charge in [0.1, 0.15) is 4.88 Å². The van der Waals surface area contributed by atoms with Crippen LogP contribution in [0.1, 0.15) is 28.7 Å². The average Bonchev–Trinajstić information content (AvgIpc) is 2.82. The predicted octanol–water partition coefficient (Wildman–Crippen LogP) is 0.726. The standard InChI is InChI=1S/C11H14N2O4S/c1-3-17-10(16)9-6(2)12-11(18-9)13-5-7(14)4-8(13)15/h7,14H,3-5H2,1-2H3. The lowest BCUT2D eigenvalue weighted by atomic mass is 10.3. The molecule has 0 saturated carbocycles. The van der Waals surface area contributed by atoms with Gasteiger partial charge in [0.25, 0.3) is 0 Å². The molecule has 1 saturated heterocycles. The first-order valence-corrected chi connectivity index (χ1v) is 6.47. The van der Waals surface area contributed by atoms with Gasteiger partial charge in [-0.25, -0.2) is 9.78 Å². The molecule has 2 rings (SSSR count). The minimum absolute atomic E-state index is 0.105. The number of thiazole rings is 1. The molecular formula is C11H14N2O4S. The minimum atomic E-state index is -0.659. The van der Waals surface area contributed by atoms with Crippen molar-refractivity contribution < 1.29 is 19.4 Å². The van der Waals surface area contributed by atoms with E-state index in [4.69, 9.17) is 4.74 Å². The number of esters is 1. The van der Waals surface area contributed by atoms with Gasteiger partial charge in [-0.05, 0) is 13.8 Å². The van der Waals surface area contributed by atoms with Gasteiger partial charge in [0.05, 0.1) is 31.4 Å². The molecule has 0 bridgehead atoms. The maximum atomic E-state index is 11.6. The Bertz CT molecular complexity index is 485. The predicted molar refractivity (Wildman–Crippen MR) is 65.8 cm³/mol. The fourth-order valence-electron chi connectivity index (χ4n) is 1.76. The number of β-amino-alcohol motifs (C(OH)–C–C–N with tert-alkyl or cyclic N) is 1. The molecule has 0 aromatic carbocycles. The molecule has 18 heavy (non-hydrogen) atoms. The van der Waals surface area contributed by atoms with E-state index in [2.05, 4.69) is 4.98 Å². The van der Waals surface area contributed by atoms with Crippen molar-refractivity contribution in [3.63, 3.8) is 0 Å². The highest BCUT2D eigenvalue weighted by Crippen LogP contribution is 2.29. The fraction of sp³-hybridized carbons (Fsp3) is 0.545. The molecule has 1 aromatic heterocycles. The molecule has 1 amide bonds. The Hall–Kier alpha value is -1.47. The number of carbonyl (C=O) groups excluding carboxylic acids is 2. The van der Waals surface area contributed by atoms with Gasteiger partial charge < -0.3 is 9.84 Å². The number of rotatable bonds is 3. The zero-order valence-electron chi connectivity index (χ0n) is 10.2. The van der Waals surface area contributed by atoms with Crippen LogP contribution < -0.4 is 4.90 Å². The molecule has 98 valence electrons. The van der Waals surface area contributed by atoms with Crippen LogP contribution >= 0.6 is 11.3 Å². The molecule has 7 heteroatoms. The van der Waals surface area contributed by atoms with Gasteiger partial charge in [-0.2, -0.15) is 0 Å². The van der Waals surface area contributed by atoms with Crippen LogP contribution in [0, 0.1) is 6.92 Å². The third-order valence-corrected chi connectivity index (χ3v) is 3.74. The van der Waals surface area contributed by atoms with Crippen molar-refractivity contribution in [1.82, 2.24) is 4.98 Å². The van der Waals surface area contributed by atoms with Crippen LogP contribution in [0.15, 0.2) is 0 Å². The minimum Gasteiger partial charge on any atom is -0.462 e. The van der Waals surface area contributed by atoms with Gasteiger partial charge in [0.15, 0.2) is 5.13 Å². The van der Waals surface area contributed by atoms with Crippen molar-refractivity contribution in [2.45, 2.75) is 26.4 Å².